The number of alkyl halides is 3. The average molecular weight is 310 g/mol. The third-order valence-corrected chi connectivity index (χ3v) is 2.97. The average Bonchev–Trinajstić information content (AvgIpc) is 2.36. The van der Waals surface area contributed by atoms with Gasteiger partial charge in [0.2, 0.25) is 0 Å². The van der Waals surface area contributed by atoms with Crippen LogP contribution < -0.4 is 0 Å². The molecule has 0 radical (unpaired) electrons. The van der Waals surface area contributed by atoms with Crippen molar-refractivity contribution in [1.82, 2.24) is 0 Å². The van der Waals surface area contributed by atoms with Crippen LogP contribution in [0, 0.1) is 0 Å². The van der Waals surface area contributed by atoms with E-state index in [-0.39, 0.29) is 12.2 Å². The highest BCUT2D eigenvalue weighted by atomic mass is 32.1. The Balaban J connectivity index is 3.28. The number of aliphatic hydroxyl groups is 2. The summed E-state index contributed by atoms with van der Waals surface area (Å²) < 4.78 is 38.7. The third kappa shape index (κ3) is 3.87. The smallest absolute Gasteiger partial charge is 0.416 e. The van der Waals surface area contributed by atoms with Gasteiger partial charge in [0.05, 0.1) is 17.2 Å². The molecule has 1 rings (SSSR count). The molecule has 0 heterocycles. The Morgan fingerprint density at radius 3 is 2.35 bits per heavy atom. The molecule has 0 aliphatic heterocycles. The van der Waals surface area contributed by atoms with Crippen molar-refractivity contribution in [1.29, 1.82) is 0 Å². The van der Waals surface area contributed by atoms with Gasteiger partial charge in [0.25, 0.3) is 0 Å². The summed E-state index contributed by atoms with van der Waals surface area (Å²) in [5.74, 6) is -1.32. The zero-order chi connectivity index (χ0) is 15.5. The summed E-state index contributed by atoms with van der Waals surface area (Å²) in [6.07, 6.45) is -8.00. The van der Waals surface area contributed by atoms with E-state index in [0.717, 1.165) is 12.1 Å². The van der Waals surface area contributed by atoms with Gasteiger partial charge in [-0.25, -0.2) is 4.79 Å². The molecule has 0 fully saturated rings. The normalized spacial score (nSPS) is 14.9. The molecule has 0 spiro atoms. The second-order valence-electron chi connectivity index (χ2n) is 4.13. The molecule has 1 aromatic rings. The third-order valence-electron chi connectivity index (χ3n) is 2.71. The Kier molecular flexibility index (Phi) is 5.43. The van der Waals surface area contributed by atoms with Gasteiger partial charge in [-0.15, -0.1) is 0 Å². The predicted molar refractivity (Wildman–Crippen MR) is 67.8 cm³/mol. The van der Waals surface area contributed by atoms with Crippen molar-refractivity contribution in [2.24, 2.45) is 0 Å². The van der Waals surface area contributed by atoms with E-state index in [0.29, 0.717) is 6.07 Å². The minimum absolute atomic E-state index is 0.00224. The number of aromatic carboxylic acids is 1. The molecule has 0 saturated carbocycles. The highest BCUT2D eigenvalue weighted by Crippen LogP contribution is 2.36. The zero-order valence-electron chi connectivity index (χ0n) is 10.1. The molecule has 0 amide bonds. The highest BCUT2D eigenvalue weighted by Gasteiger charge is 2.37. The van der Waals surface area contributed by atoms with Crippen molar-refractivity contribution in [2.45, 2.75) is 24.8 Å². The maximum absolute atomic E-state index is 12.9. The molecule has 20 heavy (non-hydrogen) atoms. The van der Waals surface area contributed by atoms with E-state index in [1.54, 1.807) is 0 Å². The molecule has 0 aliphatic carbocycles. The lowest BCUT2D eigenvalue weighted by molar-refractivity contribution is -0.140. The molecular formula is C12H13F3O4S. The summed E-state index contributed by atoms with van der Waals surface area (Å²) in [6, 6.07) is 2.25. The first kappa shape index (κ1) is 16.8. The SMILES string of the molecule is O=C(O)c1ccc(C(O)C(O)CCS)c(C(F)(F)F)c1. The number of carbonyl (C=O) groups is 1. The monoisotopic (exact) mass is 310 g/mol. The van der Waals surface area contributed by atoms with Gasteiger partial charge in [0.1, 0.15) is 6.10 Å². The molecule has 2 atom stereocenters. The lowest BCUT2D eigenvalue weighted by Crippen LogP contribution is -2.22. The molecule has 8 heteroatoms. The van der Waals surface area contributed by atoms with Crippen LogP contribution in [0.3, 0.4) is 0 Å². The number of benzene rings is 1. The quantitative estimate of drug-likeness (QED) is 0.628. The largest absolute Gasteiger partial charge is 0.478 e. The minimum Gasteiger partial charge on any atom is -0.478 e. The van der Waals surface area contributed by atoms with E-state index in [4.69, 9.17) is 5.11 Å². The first-order valence-corrected chi connectivity index (χ1v) is 6.23. The topological polar surface area (TPSA) is 77.8 Å². The van der Waals surface area contributed by atoms with Crippen LogP contribution in [0.5, 0.6) is 0 Å². The van der Waals surface area contributed by atoms with Crippen LogP contribution in [0.25, 0.3) is 0 Å². The van der Waals surface area contributed by atoms with Gasteiger partial charge in [0, 0.05) is 0 Å². The number of rotatable bonds is 5. The second kappa shape index (κ2) is 6.47. The molecule has 3 N–H and O–H groups in total. The van der Waals surface area contributed by atoms with Gasteiger partial charge < -0.3 is 15.3 Å². The summed E-state index contributed by atoms with van der Waals surface area (Å²) >= 11 is 3.82. The summed E-state index contributed by atoms with van der Waals surface area (Å²) in [5, 5.41) is 28.0. The van der Waals surface area contributed by atoms with Crippen LogP contribution in [-0.2, 0) is 6.18 Å². The molecule has 1 aromatic carbocycles. The van der Waals surface area contributed by atoms with Gasteiger partial charge in [-0.2, -0.15) is 25.8 Å². The van der Waals surface area contributed by atoms with E-state index < -0.39 is 41.0 Å². The highest BCUT2D eigenvalue weighted by molar-refractivity contribution is 7.80. The first-order valence-electron chi connectivity index (χ1n) is 5.60. The number of carboxylic acids is 1. The Bertz CT molecular complexity index is 490. The van der Waals surface area contributed by atoms with Crippen molar-refractivity contribution >= 4 is 18.6 Å². The van der Waals surface area contributed by atoms with Gasteiger partial charge in [-0.1, -0.05) is 6.07 Å². The van der Waals surface area contributed by atoms with Crippen molar-refractivity contribution < 1.29 is 33.3 Å². The Morgan fingerprint density at radius 1 is 1.30 bits per heavy atom. The Labute approximate surface area is 118 Å². The predicted octanol–water partition coefficient (Wildman–Crippen LogP) is 2.12. The van der Waals surface area contributed by atoms with Gasteiger partial charge >= 0.3 is 12.1 Å². The van der Waals surface area contributed by atoms with Gasteiger partial charge in [-0.3, -0.25) is 0 Å². The summed E-state index contributed by atoms with van der Waals surface area (Å²) in [5.41, 5.74) is -2.38. The fourth-order valence-electron chi connectivity index (χ4n) is 1.69. The zero-order valence-corrected chi connectivity index (χ0v) is 11.0. The van der Waals surface area contributed by atoms with Crippen molar-refractivity contribution in [3.63, 3.8) is 0 Å². The van der Waals surface area contributed by atoms with Crippen LogP contribution in [0.4, 0.5) is 13.2 Å². The van der Waals surface area contributed by atoms with Crippen molar-refractivity contribution in [3.05, 3.63) is 34.9 Å². The standard InChI is InChI=1S/C12H13F3O4S/c13-12(14,15)8-5-6(11(18)19)1-2-7(8)10(17)9(16)3-4-20/h1-2,5,9-10,16-17,20H,3-4H2,(H,18,19). The number of halogens is 3. The lowest BCUT2D eigenvalue weighted by atomic mass is 9.95. The molecule has 112 valence electrons. The number of aliphatic hydroxyl groups excluding tert-OH is 2. The molecule has 4 nitrogen and oxygen atoms in total. The van der Waals surface area contributed by atoms with Crippen LogP contribution in [0.15, 0.2) is 18.2 Å². The van der Waals surface area contributed by atoms with Gasteiger partial charge in [-0.05, 0) is 29.9 Å². The van der Waals surface area contributed by atoms with E-state index in [1.807, 2.05) is 0 Å². The summed E-state index contributed by atoms with van der Waals surface area (Å²) in [4.78, 5) is 10.7. The second-order valence-corrected chi connectivity index (χ2v) is 4.58. The molecule has 0 aromatic heterocycles. The fraction of sp³-hybridized carbons (Fsp3) is 0.417. The molecule has 0 bridgehead atoms. The molecule has 2 unspecified atom stereocenters. The number of hydrogen-bond donors (Lipinski definition) is 4. The van der Waals surface area contributed by atoms with Crippen LogP contribution in [0.1, 0.15) is 34.0 Å². The maximum atomic E-state index is 12.9. The fourth-order valence-corrected chi connectivity index (χ4v) is 1.95. The van der Waals surface area contributed by atoms with Gasteiger partial charge in [0.15, 0.2) is 0 Å². The lowest BCUT2D eigenvalue weighted by Gasteiger charge is -2.21. The Morgan fingerprint density at radius 2 is 1.90 bits per heavy atom. The van der Waals surface area contributed by atoms with Crippen LogP contribution in [-0.4, -0.2) is 33.1 Å². The Hall–Kier alpha value is -1.25. The maximum Gasteiger partial charge on any atom is 0.416 e. The summed E-state index contributed by atoms with van der Waals surface area (Å²) in [7, 11) is 0. The molecule has 0 saturated heterocycles. The van der Waals surface area contributed by atoms with E-state index in [9.17, 15) is 28.2 Å². The number of carboxylic acid groups (broad SMARTS) is 1. The van der Waals surface area contributed by atoms with Crippen molar-refractivity contribution in [3.8, 4) is 0 Å². The van der Waals surface area contributed by atoms with E-state index >= 15 is 0 Å². The minimum atomic E-state index is -4.83. The number of thiol groups is 1. The van der Waals surface area contributed by atoms with E-state index in [1.165, 1.54) is 0 Å². The number of hydrogen-bond acceptors (Lipinski definition) is 4. The van der Waals surface area contributed by atoms with Crippen molar-refractivity contribution in [2.75, 3.05) is 5.75 Å². The molecule has 0 aliphatic rings. The van der Waals surface area contributed by atoms with Crippen LogP contribution in [0.2, 0.25) is 0 Å². The van der Waals surface area contributed by atoms with Crippen LogP contribution >= 0.6 is 12.6 Å². The van der Waals surface area contributed by atoms with E-state index in [2.05, 4.69) is 12.6 Å². The summed E-state index contributed by atoms with van der Waals surface area (Å²) in [6.45, 7) is 0. The first-order chi connectivity index (χ1) is 9.18. The molecular weight excluding hydrogens is 297 g/mol.